The van der Waals surface area contributed by atoms with Gasteiger partial charge in [0.05, 0.1) is 5.69 Å². The van der Waals surface area contributed by atoms with Crippen LogP contribution in [0.3, 0.4) is 0 Å². The van der Waals surface area contributed by atoms with Gasteiger partial charge in [0.25, 0.3) is 0 Å². The molecule has 0 aromatic carbocycles. The molecule has 1 fully saturated rings. The monoisotopic (exact) mass is 274 g/mol. The van der Waals surface area contributed by atoms with Crippen LogP contribution in [0.5, 0.6) is 0 Å². The second-order valence-electron chi connectivity index (χ2n) is 5.18. The Balaban J connectivity index is 2.12. The van der Waals surface area contributed by atoms with E-state index in [0.29, 0.717) is 11.2 Å². The Hall–Kier alpha value is -2.08. The second kappa shape index (κ2) is 4.79. The molecule has 0 amide bonds. The van der Waals surface area contributed by atoms with E-state index in [-0.39, 0.29) is 11.6 Å². The molecular weight excluding hydrogens is 256 g/mol. The molecule has 0 radical (unpaired) electrons. The fourth-order valence-corrected chi connectivity index (χ4v) is 2.96. The minimum absolute atomic E-state index is 0.0491. The molecule has 1 saturated heterocycles. The molecule has 3 rings (SSSR count). The van der Waals surface area contributed by atoms with Crippen molar-refractivity contribution in [1.82, 2.24) is 14.3 Å². The van der Waals surface area contributed by atoms with Crippen LogP contribution in [0.2, 0.25) is 0 Å². The minimum Gasteiger partial charge on any atom is -0.476 e. The maximum atomic E-state index is 11.4. The van der Waals surface area contributed by atoms with Gasteiger partial charge >= 0.3 is 5.97 Å². The van der Waals surface area contributed by atoms with Crippen molar-refractivity contribution in [1.29, 1.82) is 0 Å². The molecular formula is C14H18N4O2. The number of rotatable bonds is 3. The van der Waals surface area contributed by atoms with Gasteiger partial charge in [0.15, 0.2) is 5.69 Å². The largest absolute Gasteiger partial charge is 0.476 e. The Bertz CT molecular complexity index is 664. The zero-order valence-electron chi connectivity index (χ0n) is 11.4. The maximum absolute atomic E-state index is 11.4. The number of hydrogen-bond donors (Lipinski definition) is 2. The number of carboxylic acids is 1. The van der Waals surface area contributed by atoms with E-state index in [9.17, 15) is 9.90 Å². The van der Waals surface area contributed by atoms with Gasteiger partial charge in [-0.1, -0.05) is 6.92 Å². The quantitative estimate of drug-likeness (QED) is 0.884. The topological polar surface area (TPSA) is 83.9 Å². The number of hydrogen-bond acceptors (Lipinski definition) is 4. The predicted molar refractivity (Wildman–Crippen MR) is 76.0 cm³/mol. The molecule has 0 bridgehead atoms. The molecule has 2 aromatic rings. The van der Waals surface area contributed by atoms with Gasteiger partial charge in [0.1, 0.15) is 11.3 Å². The van der Waals surface area contributed by atoms with E-state index in [4.69, 9.17) is 5.73 Å². The van der Waals surface area contributed by atoms with Crippen LogP contribution in [0.4, 0.5) is 5.69 Å². The molecule has 20 heavy (non-hydrogen) atoms. The van der Waals surface area contributed by atoms with Crippen LogP contribution >= 0.6 is 0 Å². The Labute approximate surface area is 116 Å². The van der Waals surface area contributed by atoms with E-state index in [1.54, 1.807) is 6.07 Å². The van der Waals surface area contributed by atoms with E-state index < -0.39 is 5.97 Å². The number of carboxylic acid groups (broad SMARTS) is 1. The number of nitrogens with two attached hydrogens (primary N) is 1. The third-order valence-corrected chi connectivity index (χ3v) is 4.01. The number of aromatic carboxylic acids is 1. The van der Waals surface area contributed by atoms with Crippen molar-refractivity contribution in [3.05, 3.63) is 29.8 Å². The molecule has 3 heterocycles. The van der Waals surface area contributed by atoms with Crippen LogP contribution in [0, 0.1) is 0 Å². The first-order chi connectivity index (χ1) is 9.61. The molecule has 1 aliphatic rings. The highest BCUT2D eigenvalue weighted by Gasteiger charge is 2.29. The lowest BCUT2D eigenvalue weighted by molar-refractivity contribution is 0.0693. The number of nitrogen functional groups attached to an aromatic ring is 1. The molecule has 1 atom stereocenters. The summed E-state index contributed by atoms with van der Waals surface area (Å²) in [5, 5.41) is 9.32. The van der Waals surface area contributed by atoms with Crippen LogP contribution in [0.15, 0.2) is 18.3 Å². The fraction of sp³-hybridized carbons (Fsp3) is 0.429. The number of aromatic nitrogens is 2. The zero-order valence-corrected chi connectivity index (χ0v) is 11.4. The van der Waals surface area contributed by atoms with Crippen molar-refractivity contribution in [2.75, 3.05) is 25.4 Å². The lowest BCUT2D eigenvalue weighted by Crippen LogP contribution is -2.19. The highest BCUT2D eigenvalue weighted by atomic mass is 16.4. The molecule has 1 unspecified atom stereocenters. The summed E-state index contributed by atoms with van der Waals surface area (Å²) in [6.45, 7) is 5.09. The second-order valence-corrected chi connectivity index (χ2v) is 5.18. The molecule has 1 aliphatic heterocycles. The summed E-state index contributed by atoms with van der Waals surface area (Å²) in [6.07, 6.45) is 2.84. The summed E-state index contributed by atoms with van der Waals surface area (Å²) in [5.41, 5.74) is 6.93. The van der Waals surface area contributed by atoms with E-state index in [0.717, 1.165) is 31.9 Å². The predicted octanol–water partition coefficient (Wildman–Crippen LogP) is 1.42. The number of carbonyl (C=O) groups is 1. The summed E-state index contributed by atoms with van der Waals surface area (Å²) in [7, 11) is 0. The van der Waals surface area contributed by atoms with Crippen LogP contribution in [-0.2, 0) is 0 Å². The van der Waals surface area contributed by atoms with Crippen molar-refractivity contribution >= 4 is 17.2 Å². The molecule has 6 heteroatoms. The van der Waals surface area contributed by atoms with E-state index >= 15 is 0 Å². The summed E-state index contributed by atoms with van der Waals surface area (Å²) < 4.78 is 1.84. The third-order valence-electron chi connectivity index (χ3n) is 4.01. The Morgan fingerprint density at radius 1 is 1.60 bits per heavy atom. The Morgan fingerprint density at radius 3 is 3.05 bits per heavy atom. The SMILES string of the molecule is CCN1CCC(c2nc(C(=O)O)c3c(N)cccn23)C1. The molecule has 0 saturated carbocycles. The first-order valence-corrected chi connectivity index (χ1v) is 6.84. The smallest absolute Gasteiger partial charge is 0.356 e. The minimum atomic E-state index is -1.03. The van der Waals surface area contributed by atoms with Gasteiger partial charge in [0.2, 0.25) is 0 Å². The molecule has 3 N–H and O–H groups in total. The highest BCUT2D eigenvalue weighted by molar-refractivity contribution is 5.97. The van der Waals surface area contributed by atoms with E-state index in [2.05, 4.69) is 16.8 Å². The van der Waals surface area contributed by atoms with Gasteiger partial charge < -0.3 is 20.1 Å². The average Bonchev–Trinajstić information content (AvgIpc) is 3.02. The van der Waals surface area contributed by atoms with Crippen LogP contribution in [0.25, 0.3) is 5.52 Å². The van der Waals surface area contributed by atoms with E-state index in [1.807, 2.05) is 16.7 Å². The molecule has 0 aliphatic carbocycles. The highest BCUT2D eigenvalue weighted by Crippen LogP contribution is 2.30. The molecule has 106 valence electrons. The number of fused-ring (bicyclic) bond motifs is 1. The third kappa shape index (κ3) is 1.92. The zero-order chi connectivity index (χ0) is 14.3. The lowest BCUT2D eigenvalue weighted by atomic mass is 10.1. The van der Waals surface area contributed by atoms with Crippen LogP contribution < -0.4 is 5.73 Å². The number of likely N-dealkylation sites (tertiary alicyclic amines) is 1. The molecule has 6 nitrogen and oxygen atoms in total. The van der Waals surface area contributed by atoms with Crippen molar-refractivity contribution in [3.63, 3.8) is 0 Å². The van der Waals surface area contributed by atoms with Gasteiger partial charge in [-0.2, -0.15) is 0 Å². The summed E-state index contributed by atoms with van der Waals surface area (Å²) in [6, 6.07) is 3.53. The fourth-order valence-electron chi connectivity index (χ4n) is 2.96. The lowest BCUT2D eigenvalue weighted by Gasteiger charge is -2.12. The van der Waals surface area contributed by atoms with Gasteiger partial charge in [-0.3, -0.25) is 0 Å². The number of imidazole rings is 1. The van der Waals surface area contributed by atoms with Crippen LogP contribution in [0.1, 0.15) is 35.6 Å². The first kappa shape index (κ1) is 12.9. The number of nitrogens with zero attached hydrogens (tertiary/aromatic N) is 3. The maximum Gasteiger partial charge on any atom is 0.356 e. The van der Waals surface area contributed by atoms with Crippen molar-refractivity contribution < 1.29 is 9.90 Å². The average molecular weight is 274 g/mol. The van der Waals surface area contributed by atoms with Gasteiger partial charge in [-0.05, 0) is 31.6 Å². The number of anilines is 1. The first-order valence-electron chi connectivity index (χ1n) is 6.84. The molecule has 0 spiro atoms. The van der Waals surface area contributed by atoms with E-state index in [1.165, 1.54) is 0 Å². The van der Waals surface area contributed by atoms with Crippen molar-refractivity contribution in [2.24, 2.45) is 0 Å². The Morgan fingerprint density at radius 2 is 2.40 bits per heavy atom. The van der Waals surface area contributed by atoms with Gasteiger partial charge in [-0.15, -0.1) is 0 Å². The summed E-state index contributed by atoms with van der Waals surface area (Å²) in [4.78, 5) is 18.1. The van der Waals surface area contributed by atoms with Gasteiger partial charge in [0, 0.05) is 18.7 Å². The summed E-state index contributed by atoms with van der Waals surface area (Å²) >= 11 is 0. The standard InChI is InChI=1S/C14H18N4O2/c1-2-17-7-5-9(8-17)13-16-11(14(19)20)12-10(15)4-3-6-18(12)13/h3-4,6,9H,2,5,7-8,15H2,1H3,(H,19,20). The number of pyridine rings is 1. The normalized spacial score (nSPS) is 19.8. The Kier molecular flexibility index (Phi) is 3.10. The van der Waals surface area contributed by atoms with Crippen LogP contribution in [-0.4, -0.2) is 45.0 Å². The molecule has 2 aromatic heterocycles. The number of likely N-dealkylation sites (N-methyl/N-ethyl adjacent to an activating group) is 1. The van der Waals surface area contributed by atoms with Crippen molar-refractivity contribution in [3.8, 4) is 0 Å². The van der Waals surface area contributed by atoms with Crippen molar-refractivity contribution in [2.45, 2.75) is 19.3 Å². The van der Waals surface area contributed by atoms with Gasteiger partial charge in [-0.25, -0.2) is 9.78 Å². The summed E-state index contributed by atoms with van der Waals surface area (Å²) in [5.74, 6) is 0.0370.